The first-order chi connectivity index (χ1) is 9.00. The van der Waals surface area contributed by atoms with Crippen LogP contribution in [0.2, 0.25) is 0 Å². The summed E-state index contributed by atoms with van der Waals surface area (Å²) in [7, 11) is 0. The number of ether oxygens (including phenoxy) is 1. The van der Waals surface area contributed by atoms with E-state index in [-0.39, 0.29) is 11.9 Å². The number of rotatable bonds is 3. The molecule has 1 aromatic rings. The van der Waals surface area contributed by atoms with Crippen LogP contribution >= 0.6 is 0 Å². The molecule has 0 bridgehead atoms. The Labute approximate surface area is 112 Å². The molecule has 1 aromatic heterocycles. The van der Waals surface area contributed by atoms with Gasteiger partial charge in [0.1, 0.15) is 11.8 Å². The Bertz CT molecular complexity index is 446. The van der Waals surface area contributed by atoms with Crippen molar-refractivity contribution >= 4 is 5.84 Å². The van der Waals surface area contributed by atoms with Gasteiger partial charge in [-0.1, -0.05) is 19.0 Å². The molecular weight excluding hydrogens is 244 g/mol. The van der Waals surface area contributed by atoms with E-state index in [1.165, 1.54) is 12.4 Å². The highest BCUT2D eigenvalue weighted by Crippen LogP contribution is 2.36. The number of hydrogen-bond donors (Lipinski definition) is 2. The molecule has 1 aliphatic rings. The molecule has 0 atom stereocenters. The van der Waals surface area contributed by atoms with Crippen LogP contribution in [-0.4, -0.2) is 27.1 Å². The third-order valence-electron chi connectivity index (χ3n) is 3.57. The van der Waals surface area contributed by atoms with E-state index in [4.69, 9.17) is 15.7 Å². The van der Waals surface area contributed by atoms with Crippen molar-refractivity contribution in [2.45, 2.75) is 45.6 Å². The average molecular weight is 264 g/mol. The fourth-order valence-electron chi connectivity index (χ4n) is 2.22. The molecule has 1 heterocycles. The average Bonchev–Trinajstić information content (AvgIpc) is 2.41. The SMILES string of the molecule is CC1(C)CCC(Oc2cnc(C(N)=NO)cn2)CC1. The topological polar surface area (TPSA) is 93.6 Å². The van der Waals surface area contributed by atoms with Gasteiger partial charge in [0, 0.05) is 0 Å². The minimum atomic E-state index is -0.0570. The fraction of sp³-hybridized carbons (Fsp3) is 0.615. The summed E-state index contributed by atoms with van der Waals surface area (Å²) in [5.74, 6) is 0.428. The number of aromatic nitrogens is 2. The van der Waals surface area contributed by atoms with Crippen LogP contribution in [0, 0.1) is 5.41 Å². The Morgan fingerprint density at radius 2 is 2.05 bits per heavy atom. The second-order valence-corrected chi connectivity index (χ2v) is 5.71. The van der Waals surface area contributed by atoms with Gasteiger partial charge in [0.05, 0.1) is 12.4 Å². The molecule has 19 heavy (non-hydrogen) atoms. The van der Waals surface area contributed by atoms with E-state index in [1.54, 1.807) is 0 Å². The van der Waals surface area contributed by atoms with Crippen LogP contribution in [0.1, 0.15) is 45.2 Å². The molecule has 0 spiro atoms. The van der Waals surface area contributed by atoms with Crippen LogP contribution in [-0.2, 0) is 0 Å². The van der Waals surface area contributed by atoms with Gasteiger partial charge < -0.3 is 15.7 Å². The third kappa shape index (κ3) is 3.56. The van der Waals surface area contributed by atoms with Gasteiger partial charge in [0.2, 0.25) is 5.88 Å². The van der Waals surface area contributed by atoms with Crippen molar-refractivity contribution in [1.29, 1.82) is 0 Å². The maximum atomic E-state index is 8.53. The number of nitrogens with two attached hydrogens (primary N) is 1. The Balaban J connectivity index is 1.94. The molecular formula is C13H20N4O2. The van der Waals surface area contributed by atoms with Crippen LogP contribution < -0.4 is 10.5 Å². The lowest BCUT2D eigenvalue weighted by molar-refractivity contribution is 0.0945. The molecule has 3 N–H and O–H groups in total. The molecule has 0 amide bonds. The van der Waals surface area contributed by atoms with Crippen molar-refractivity contribution in [3.8, 4) is 5.88 Å². The zero-order valence-electron chi connectivity index (χ0n) is 11.3. The predicted molar refractivity (Wildman–Crippen MR) is 71.2 cm³/mol. The van der Waals surface area contributed by atoms with Crippen molar-refractivity contribution in [3.05, 3.63) is 18.1 Å². The zero-order valence-corrected chi connectivity index (χ0v) is 11.3. The Morgan fingerprint density at radius 1 is 1.37 bits per heavy atom. The highest BCUT2D eigenvalue weighted by atomic mass is 16.5. The van der Waals surface area contributed by atoms with Gasteiger partial charge in [0.15, 0.2) is 5.84 Å². The molecule has 104 valence electrons. The van der Waals surface area contributed by atoms with E-state index in [0.717, 1.165) is 25.7 Å². The van der Waals surface area contributed by atoms with Crippen LogP contribution in [0.25, 0.3) is 0 Å². The van der Waals surface area contributed by atoms with Crippen LogP contribution in [0.3, 0.4) is 0 Å². The van der Waals surface area contributed by atoms with Gasteiger partial charge in [-0.3, -0.25) is 0 Å². The lowest BCUT2D eigenvalue weighted by atomic mass is 9.76. The van der Waals surface area contributed by atoms with Crippen molar-refractivity contribution in [1.82, 2.24) is 9.97 Å². The summed E-state index contributed by atoms with van der Waals surface area (Å²) in [6.07, 6.45) is 7.55. The molecule has 0 saturated heterocycles. The Hall–Kier alpha value is -1.85. The smallest absolute Gasteiger partial charge is 0.232 e. The van der Waals surface area contributed by atoms with Gasteiger partial charge in [-0.05, 0) is 31.1 Å². The quantitative estimate of drug-likeness (QED) is 0.376. The summed E-state index contributed by atoms with van der Waals surface area (Å²) < 4.78 is 5.80. The third-order valence-corrected chi connectivity index (χ3v) is 3.57. The first-order valence-electron chi connectivity index (χ1n) is 6.47. The van der Waals surface area contributed by atoms with Gasteiger partial charge >= 0.3 is 0 Å². The normalized spacial score (nSPS) is 20.2. The molecule has 0 unspecified atom stereocenters. The maximum Gasteiger partial charge on any atom is 0.232 e. The summed E-state index contributed by atoms with van der Waals surface area (Å²) in [6.45, 7) is 4.57. The lowest BCUT2D eigenvalue weighted by Crippen LogP contribution is -2.28. The monoisotopic (exact) mass is 264 g/mol. The van der Waals surface area contributed by atoms with Crippen LogP contribution in [0.5, 0.6) is 5.88 Å². The van der Waals surface area contributed by atoms with Gasteiger partial charge in [0.25, 0.3) is 0 Å². The molecule has 1 saturated carbocycles. The standard InChI is InChI=1S/C13H20N4O2/c1-13(2)5-3-9(4-6-13)19-11-8-15-10(7-16-11)12(14)17-18/h7-9,18H,3-6H2,1-2H3,(H2,14,17). The van der Waals surface area contributed by atoms with E-state index in [2.05, 4.69) is 29.0 Å². The number of amidine groups is 1. The molecule has 6 heteroatoms. The summed E-state index contributed by atoms with van der Waals surface area (Å²) >= 11 is 0. The molecule has 0 radical (unpaired) electrons. The second kappa shape index (κ2) is 5.42. The first-order valence-corrected chi connectivity index (χ1v) is 6.47. The fourth-order valence-corrected chi connectivity index (χ4v) is 2.22. The van der Waals surface area contributed by atoms with Crippen molar-refractivity contribution in [3.63, 3.8) is 0 Å². The zero-order chi connectivity index (χ0) is 13.9. The molecule has 0 aliphatic heterocycles. The van der Waals surface area contributed by atoms with E-state index in [1.807, 2.05) is 0 Å². The van der Waals surface area contributed by atoms with Crippen molar-refractivity contribution in [2.75, 3.05) is 0 Å². The first kappa shape index (κ1) is 13.6. The molecule has 1 aliphatic carbocycles. The Kier molecular flexibility index (Phi) is 3.87. The minimum Gasteiger partial charge on any atom is -0.473 e. The summed E-state index contributed by atoms with van der Waals surface area (Å²) in [4.78, 5) is 8.16. The maximum absolute atomic E-state index is 8.53. The van der Waals surface area contributed by atoms with Gasteiger partial charge in [-0.15, -0.1) is 0 Å². The predicted octanol–water partition coefficient (Wildman–Crippen LogP) is 1.92. The highest BCUT2D eigenvalue weighted by molar-refractivity contribution is 5.94. The van der Waals surface area contributed by atoms with E-state index >= 15 is 0 Å². The molecule has 1 fully saturated rings. The second-order valence-electron chi connectivity index (χ2n) is 5.71. The number of hydrogen-bond acceptors (Lipinski definition) is 5. The van der Waals surface area contributed by atoms with E-state index in [0.29, 0.717) is 17.0 Å². The number of nitrogens with zero attached hydrogens (tertiary/aromatic N) is 3. The van der Waals surface area contributed by atoms with Crippen molar-refractivity contribution < 1.29 is 9.94 Å². The summed E-state index contributed by atoms with van der Waals surface area (Å²) in [6, 6.07) is 0. The van der Waals surface area contributed by atoms with Gasteiger partial charge in [-0.2, -0.15) is 0 Å². The Morgan fingerprint density at radius 3 is 2.58 bits per heavy atom. The lowest BCUT2D eigenvalue weighted by Gasteiger charge is -2.33. The van der Waals surface area contributed by atoms with E-state index in [9.17, 15) is 0 Å². The summed E-state index contributed by atoms with van der Waals surface area (Å²) in [5, 5.41) is 11.4. The molecule has 6 nitrogen and oxygen atoms in total. The summed E-state index contributed by atoms with van der Waals surface area (Å²) in [5.41, 5.74) is 6.17. The minimum absolute atomic E-state index is 0.0570. The van der Waals surface area contributed by atoms with Crippen LogP contribution in [0.4, 0.5) is 0 Å². The van der Waals surface area contributed by atoms with Gasteiger partial charge in [-0.25, -0.2) is 9.97 Å². The highest BCUT2D eigenvalue weighted by Gasteiger charge is 2.28. The largest absolute Gasteiger partial charge is 0.473 e. The van der Waals surface area contributed by atoms with E-state index < -0.39 is 0 Å². The number of oxime groups is 1. The van der Waals surface area contributed by atoms with Crippen LogP contribution in [0.15, 0.2) is 17.5 Å². The molecule has 2 rings (SSSR count). The molecule has 0 aromatic carbocycles. The van der Waals surface area contributed by atoms with Crippen molar-refractivity contribution in [2.24, 2.45) is 16.3 Å².